The van der Waals surface area contributed by atoms with Crippen molar-refractivity contribution >= 4 is 22.6 Å². The molecule has 9 heteroatoms. The highest BCUT2D eigenvalue weighted by Gasteiger charge is 2.20. The van der Waals surface area contributed by atoms with Crippen LogP contribution in [-0.2, 0) is 6.54 Å². The standard InChI is InChI=1S/C25H25N5O4/c1-29(17-11-22(31)24(33)23(32)12-17)25(34)21-13-20-19(28-21)5-4-18(27-20)15-6-7-26-16(10-15)14-30-8-2-3-9-30/h4-7,10-13,28,31-33H,2-3,8-9,14H2,1H3. The minimum atomic E-state index is -0.633. The minimum absolute atomic E-state index is 0.229. The number of amides is 1. The predicted octanol–water partition coefficient (Wildman–Crippen LogP) is 3.61. The third-order valence-corrected chi connectivity index (χ3v) is 6.15. The van der Waals surface area contributed by atoms with E-state index in [1.165, 1.54) is 36.9 Å². The van der Waals surface area contributed by atoms with Crippen molar-refractivity contribution < 1.29 is 20.1 Å². The van der Waals surface area contributed by atoms with Gasteiger partial charge >= 0.3 is 0 Å². The molecular formula is C25H25N5O4. The first kappa shape index (κ1) is 21.7. The minimum Gasteiger partial charge on any atom is -0.504 e. The SMILES string of the molecule is CN(C(=O)c1cc2nc(-c3ccnc(CN4CCCC4)c3)ccc2[nH]1)c1cc(O)c(O)c(O)c1. The quantitative estimate of drug-likeness (QED) is 0.336. The fourth-order valence-electron chi connectivity index (χ4n) is 4.26. The maximum absolute atomic E-state index is 13.0. The van der Waals surface area contributed by atoms with Crippen molar-refractivity contribution in [3.05, 3.63) is 60.0 Å². The highest BCUT2D eigenvalue weighted by molar-refractivity contribution is 6.07. The number of hydrogen-bond donors (Lipinski definition) is 4. The van der Waals surface area contributed by atoms with Gasteiger partial charge in [-0.25, -0.2) is 4.98 Å². The summed E-state index contributed by atoms with van der Waals surface area (Å²) in [5.41, 5.74) is 4.65. The number of rotatable bonds is 5. The molecule has 3 aromatic heterocycles. The van der Waals surface area contributed by atoms with Crippen molar-refractivity contribution in [3.63, 3.8) is 0 Å². The summed E-state index contributed by atoms with van der Waals surface area (Å²) in [5.74, 6) is -2.05. The Kier molecular flexibility index (Phi) is 5.54. The molecule has 0 saturated carbocycles. The number of phenols is 3. The van der Waals surface area contributed by atoms with E-state index in [1.54, 1.807) is 12.3 Å². The van der Waals surface area contributed by atoms with Gasteiger partial charge in [-0.3, -0.25) is 14.7 Å². The molecule has 0 unspecified atom stereocenters. The highest BCUT2D eigenvalue weighted by Crippen LogP contribution is 2.38. The Morgan fingerprint density at radius 3 is 2.53 bits per heavy atom. The van der Waals surface area contributed by atoms with Crippen molar-refractivity contribution in [2.24, 2.45) is 0 Å². The summed E-state index contributed by atoms with van der Waals surface area (Å²) in [5, 5.41) is 29.1. The number of nitrogens with one attached hydrogen (secondary N) is 1. The van der Waals surface area contributed by atoms with Crippen molar-refractivity contribution in [3.8, 4) is 28.5 Å². The van der Waals surface area contributed by atoms with Gasteiger partial charge in [0.25, 0.3) is 5.91 Å². The van der Waals surface area contributed by atoms with Crippen LogP contribution in [0.1, 0.15) is 29.0 Å². The first-order valence-corrected chi connectivity index (χ1v) is 11.1. The number of aromatic hydroxyl groups is 3. The van der Waals surface area contributed by atoms with E-state index in [-0.39, 0.29) is 11.6 Å². The van der Waals surface area contributed by atoms with E-state index in [9.17, 15) is 20.1 Å². The molecule has 0 aliphatic carbocycles. The van der Waals surface area contributed by atoms with Gasteiger partial charge in [-0.1, -0.05) is 0 Å². The van der Waals surface area contributed by atoms with Crippen LogP contribution in [0.5, 0.6) is 17.2 Å². The molecule has 4 N–H and O–H groups in total. The number of benzene rings is 1. The molecule has 0 atom stereocenters. The number of phenolic OH excluding ortho intramolecular Hbond substituents is 3. The smallest absolute Gasteiger partial charge is 0.274 e. The maximum atomic E-state index is 13.0. The average Bonchev–Trinajstić information content (AvgIpc) is 3.50. The average molecular weight is 460 g/mol. The summed E-state index contributed by atoms with van der Waals surface area (Å²) in [6.07, 6.45) is 4.27. The van der Waals surface area contributed by atoms with E-state index in [4.69, 9.17) is 4.98 Å². The molecule has 0 bridgehead atoms. The molecule has 1 amide bonds. The number of aromatic nitrogens is 3. The van der Waals surface area contributed by atoms with E-state index < -0.39 is 17.2 Å². The number of aromatic amines is 1. The van der Waals surface area contributed by atoms with Gasteiger partial charge in [-0.2, -0.15) is 0 Å². The second-order valence-corrected chi connectivity index (χ2v) is 8.53. The number of nitrogens with zero attached hydrogens (tertiary/aromatic N) is 4. The van der Waals surface area contributed by atoms with Crippen molar-refractivity contribution in [1.29, 1.82) is 0 Å². The van der Waals surface area contributed by atoms with Crippen LogP contribution in [0.25, 0.3) is 22.3 Å². The van der Waals surface area contributed by atoms with Crippen LogP contribution in [-0.4, -0.2) is 61.2 Å². The van der Waals surface area contributed by atoms with Gasteiger partial charge in [0, 0.05) is 37.5 Å². The van der Waals surface area contributed by atoms with Crippen LogP contribution in [0.2, 0.25) is 0 Å². The summed E-state index contributed by atoms with van der Waals surface area (Å²) in [7, 11) is 1.51. The van der Waals surface area contributed by atoms with E-state index in [1.807, 2.05) is 18.2 Å². The Balaban J connectivity index is 1.40. The summed E-state index contributed by atoms with van der Waals surface area (Å²) in [4.78, 5) is 29.0. The fourth-order valence-corrected chi connectivity index (χ4v) is 4.26. The van der Waals surface area contributed by atoms with Crippen LogP contribution >= 0.6 is 0 Å². The zero-order valence-corrected chi connectivity index (χ0v) is 18.7. The van der Waals surface area contributed by atoms with Crippen LogP contribution < -0.4 is 4.90 Å². The molecule has 9 nitrogen and oxygen atoms in total. The van der Waals surface area contributed by atoms with Crippen molar-refractivity contribution in [1.82, 2.24) is 19.9 Å². The number of carbonyl (C=O) groups is 1. The molecular weight excluding hydrogens is 434 g/mol. The Morgan fingerprint density at radius 2 is 1.79 bits per heavy atom. The third kappa shape index (κ3) is 4.13. The largest absolute Gasteiger partial charge is 0.504 e. The summed E-state index contributed by atoms with van der Waals surface area (Å²) < 4.78 is 0. The molecule has 4 heterocycles. The van der Waals surface area contributed by atoms with Gasteiger partial charge in [-0.15, -0.1) is 0 Å². The Bertz CT molecular complexity index is 1350. The molecule has 1 aliphatic heterocycles. The molecule has 0 spiro atoms. The third-order valence-electron chi connectivity index (χ3n) is 6.15. The molecule has 4 aromatic rings. The van der Waals surface area contributed by atoms with Gasteiger partial charge in [-0.05, 0) is 56.3 Å². The first-order valence-electron chi connectivity index (χ1n) is 11.1. The highest BCUT2D eigenvalue weighted by atomic mass is 16.3. The summed E-state index contributed by atoms with van der Waals surface area (Å²) in [6, 6.07) is 11.9. The number of anilines is 1. The molecule has 1 saturated heterocycles. The normalized spacial score (nSPS) is 14.0. The van der Waals surface area contributed by atoms with Crippen molar-refractivity contribution in [2.45, 2.75) is 19.4 Å². The van der Waals surface area contributed by atoms with Gasteiger partial charge in [0.1, 0.15) is 5.69 Å². The number of likely N-dealkylation sites (tertiary alicyclic amines) is 1. The maximum Gasteiger partial charge on any atom is 0.274 e. The topological polar surface area (TPSA) is 126 Å². The number of fused-ring (bicyclic) bond motifs is 1. The monoisotopic (exact) mass is 459 g/mol. The van der Waals surface area contributed by atoms with Crippen LogP contribution in [0.15, 0.2) is 48.7 Å². The first-order chi connectivity index (χ1) is 16.4. The summed E-state index contributed by atoms with van der Waals surface area (Å²) >= 11 is 0. The number of hydrogen-bond acceptors (Lipinski definition) is 7. The molecule has 174 valence electrons. The molecule has 0 radical (unpaired) electrons. The molecule has 1 aromatic carbocycles. The van der Waals surface area contributed by atoms with Gasteiger partial charge in [0.2, 0.25) is 0 Å². The lowest BCUT2D eigenvalue weighted by Crippen LogP contribution is -2.26. The second-order valence-electron chi connectivity index (χ2n) is 8.53. The Labute approximate surface area is 195 Å². The van der Waals surface area contributed by atoms with Gasteiger partial charge in [0.05, 0.1) is 28.1 Å². The zero-order chi connectivity index (χ0) is 23.8. The fraction of sp³-hybridized carbons (Fsp3) is 0.240. The number of H-pyrrole nitrogens is 1. The molecule has 5 rings (SSSR count). The molecule has 1 fully saturated rings. The number of pyridine rings is 2. The van der Waals surface area contributed by atoms with Crippen molar-refractivity contribution in [2.75, 3.05) is 25.0 Å². The van der Waals surface area contributed by atoms with E-state index in [0.29, 0.717) is 16.7 Å². The number of carbonyl (C=O) groups excluding carboxylic acids is 1. The zero-order valence-electron chi connectivity index (χ0n) is 18.7. The van der Waals surface area contributed by atoms with Gasteiger partial charge < -0.3 is 25.2 Å². The van der Waals surface area contributed by atoms with Crippen LogP contribution in [0.4, 0.5) is 5.69 Å². The lowest BCUT2D eigenvalue weighted by atomic mass is 10.1. The van der Waals surface area contributed by atoms with Crippen LogP contribution in [0, 0.1) is 0 Å². The Morgan fingerprint density at radius 1 is 1.06 bits per heavy atom. The molecule has 34 heavy (non-hydrogen) atoms. The second kappa shape index (κ2) is 8.68. The van der Waals surface area contributed by atoms with Gasteiger partial charge in [0.15, 0.2) is 17.2 Å². The Hall–Kier alpha value is -4.11. The van der Waals surface area contributed by atoms with E-state index in [2.05, 4.69) is 20.9 Å². The lowest BCUT2D eigenvalue weighted by molar-refractivity contribution is 0.0989. The summed E-state index contributed by atoms with van der Waals surface area (Å²) in [6.45, 7) is 3.04. The van der Waals surface area contributed by atoms with E-state index >= 15 is 0 Å². The van der Waals surface area contributed by atoms with Crippen LogP contribution in [0.3, 0.4) is 0 Å². The molecule has 1 aliphatic rings. The van der Waals surface area contributed by atoms with E-state index in [0.717, 1.165) is 36.6 Å². The predicted molar refractivity (Wildman–Crippen MR) is 128 cm³/mol. The lowest BCUT2D eigenvalue weighted by Gasteiger charge is -2.17.